The molecular formula is C14H15NO7S. The molecule has 1 unspecified atom stereocenters. The number of nitro groups is 1. The van der Waals surface area contributed by atoms with Gasteiger partial charge in [0.25, 0.3) is 6.04 Å². The predicted molar refractivity (Wildman–Crippen MR) is 81.9 cm³/mol. The van der Waals surface area contributed by atoms with Crippen molar-refractivity contribution in [1.29, 1.82) is 0 Å². The summed E-state index contributed by atoms with van der Waals surface area (Å²) in [6, 6.07) is -1.85. The monoisotopic (exact) mass is 341 g/mol. The molecule has 8 nitrogen and oxygen atoms in total. The van der Waals surface area contributed by atoms with E-state index in [1.807, 2.05) is 0 Å². The van der Waals surface area contributed by atoms with E-state index in [4.69, 9.17) is 4.74 Å². The van der Waals surface area contributed by atoms with Crippen molar-refractivity contribution in [3.63, 3.8) is 0 Å². The van der Waals surface area contributed by atoms with Crippen LogP contribution in [0.4, 0.5) is 0 Å². The molecule has 0 aromatic rings. The van der Waals surface area contributed by atoms with E-state index in [1.165, 1.54) is 13.0 Å². The highest BCUT2D eigenvalue weighted by atomic mass is 32.2. The molecule has 0 spiro atoms. The SMILES string of the molecule is CCOC=C(C(C)=O)C(=O)C1=CC=C(C)C(=S(=O)=O)C1[N+](=O)[O-]. The zero-order valence-electron chi connectivity index (χ0n) is 12.7. The summed E-state index contributed by atoms with van der Waals surface area (Å²) in [4.78, 5) is 34.0. The lowest BCUT2D eigenvalue weighted by Gasteiger charge is -2.17. The van der Waals surface area contributed by atoms with Gasteiger partial charge in [-0.15, -0.1) is 0 Å². The molecule has 1 rings (SSSR count). The largest absolute Gasteiger partial charge is 0.501 e. The van der Waals surface area contributed by atoms with Crippen LogP contribution in [-0.2, 0) is 24.6 Å². The Morgan fingerprint density at radius 1 is 1.39 bits per heavy atom. The molecule has 0 amide bonds. The molecule has 0 radical (unpaired) electrons. The van der Waals surface area contributed by atoms with Crippen molar-refractivity contribution >= 4 is 26.7 Å². The first-order chi connectivity index (χ1) is 10.7. The smallest absolute Gasteiger partial charge is 0.281 e. The lowest BCUT2D eigenvalue weighted by Crippen LogP contribution is -2.38. The van der Waals surface area contributed by atoms with Gasteiger partial charge < -0.3 is 4.74 Å². The Labute approximate surface area is 133 Å². The molecule has 0 saturated carbocycles. The second-order valence-corrected chi connectivity index (χ2v) is 5.54. The van der Waals surface area contributed by atoms with Crippen LogP contribution in [0, 0.1) is 10.1 Å². The minimum Gasteiger partial charge on any atom is -0.501 e. The fraction of sp³-hybridized carbons (Fsp3) is 0.357. The molecule has 0 N–H and O–H groups in total. The number of hydrogen-bond acceptors (Lipinski definition) is 7. The number of ketones is 2. The maximum absolute atomic E-state index is 12.4. The first-order valence-electron chi connectivity index (χ1n) is 6.58. The topological polar surface area (TPSA) is 121 Å². The summed E-state index contributed by atoms with van der Waals surface area (Å²) in [5.74, 6) is -1.57. The van der Waals surface area contributed by atoms with E-state index in [0.717, 1.165) is 19.3 Å². The molecule has 0 aromatic carbocycles. The summed E-state index contributed by atoms with van der Waals surface area (Å²) in [6.45, 7) is 4.34. The van der Waals surface area contributed by atoms with Crippen LogP contribution in [0.1, 0.15) is 20.8 Å². The second kappa shape index (κ2) is 7.63. The van der Waals surface area contributed by atoms with Crippen LogP contribution in [0.3, 0.4) is 0 Å². The normalized spacial score (nSPS) is 18.0. The summed E-state index contributed by atoms with van der Waals surface area (Å²) in [7, 11) is -2.87. The molecule has 0 bridgehead atoms. The number of Topliss-reactive ketones (excluding diaryl/α,β-unsaturated/α-hetero) is 2. The first-order valence-corrected chi connectivity index (χ1v) is 7.65. The molecule has 0 heterocycles. The van der Waals surface area contributed by atoms with Crippen LogP contribution in [0.25, 0.3) is 0 Å². The number of hydrogen-bond donors (Lipinski definition) is 0. The number of ether oxygens (including phenoxy) is 1. The zero-order chi connectivity index (χ0) is 17.7. The number of carbonyl (C=O) groups is 2. The Morgan fingerprint density at radius 2 is 2.00 bits per heavy atom. The van der Waals surface area contributed by atoms with Gasteiger partial charge in [-0.25, -0.2) is 0 Å². The van der Waals surface area contributed by atoms with Gasteiger partial charge in [-0.05, 0) is 32.4 Å². The average molecular weight is 341 g/mol. The zero-order valence-corrected chi connectivity index (χ0v) is 13.5. The van der Waals surface area contributed by atoms with Gasteiger partial charge in [-0.1, -0.05) is 6.08 Å². The molecule has 0 aromatic heterocycles. The number of allylic oxidation sites excluding steroid dienone is 3. The summed E-state index contributed by atoms with van der Waals surface area (Å²) < 4.78 is 27.5. The van der Waals surface area contributed by atoms with E-state index >= 15 is 0 Å². The lowest BCUT2D eigenvalue weighted by atomic mass is 9.88. The van der Waals surface area contributed by atoms with Gasteiger partial charge in [0.05, 0.1) is 24.0 Å². The number of carbonyl (C=O) groups excluding carboxylic acids is 2. The van der Waals surface area contributed by atoms with Gasteiger partial charge in [0.2, 0.25) is 16.1 Å². The number of nitrogens with zero attached hydrogens (tertiary/aromatic N) is 1. The van der Waals surface area contributed by atoms with Crippen molar-refractivity contribution in [3.8, 4) is 0 Å². The molecular weight excluding hydrogens is 326 g/mol. The molecule has 0 aliphatic heterocycles. The molecule has 1 atom stereocenters. The molecule has 124 valence electrons. The van der Waals surface area contributed by atoms with E-state index in [0.29, 0.717) is 0 Å². The Bertz CT molecular complexity index is 776. The third kappa shape index (κ3) is 4.01. The Balaban J connectivity index is 3.50. The van der Waals surface area contributed by atoms with E-state index in [9.17, 15) is 28.1 Å². The van der Waals surface area contributed by atoms with Crippen molar-refractivity contribution in [3.05, 3.63) is 45.2 Å². The van der Waals surface area contributed by atoms with Crippen molar-refractivity contribution in [1.82, 2.24) is 0 Å². The summed E-state index contributed by atoms with van der Waals surface area (Å²) in [5, 5.41) is 11.3. The predicted octanol–water partition coefficient (Wildman–Crippen LogP) is 0.648. The number of rotatable bonds is 6. The van der Waals surface area contributed by atoms with Crippen LogP contribution in [-0.4, -0.2) is 42.4 Å². The maximum Gasteiger partial charge on any atom is 0.281 e. The molecule has 23 heavy (non-hydrogen) atoms. The quantitative estimate of drug-likeness (QED) is 0.132. The standard InChI is InChI=1S/C14H15NO7S/c1-4-22-7-11(9(3)16)13(17)10-6-5-8(2)14(23(20)21)12(10)15(18)19/h5-7,12H,4H2,1-3H3. The summed E-state index contributed by atoms with van der Waals surface area (Å²) in [6.07, 6.45) is 3.38. The Hall–Kier alpha value is -2.55. The highest BCUT2D eigenvalue weighted by molar-refractivity contribution is 7.73. The fourth-order valence-electron chi connectivity index (χ4n) is 2.00. The highest BCUT2D eigenvalue weighted by Gasteiger charge is 2.40. The Morgan fingerprint density at radius 3 is 2.43 bits per heavy atom. The fourth-order valence-corrected chi connectivity index (χ4v) is 2.72. The second-order valence-electron chi connectivity index (χ2n) is 4.63. The first kappa shape index (κ1) is 18.5. The molecule has 1 aliphatic rings. The van der Waals surface area contributed by atoms with Crippen molar-refractivity contribution in [2.45, 2.75) is 26.8 Å². The van der Waals surface area contributed by atoms with Crippen LogP contribution in [0.15, 0.2) is 35.1 Å². The molecule has 0 fully saturated rings. The van der Waals surface area contributed by atoms with Gasteiger partial charge in [0.15, 0.2) is 10.6 Å². The van der Waals surface area contributed by atoms with Crippen LogP contribution >= 0.6 is 0 Å². The third-order valence-electron chi connectivity index (χ3n) is 3.09. The molecule has 0 saturated heterocycles. The van der Waals surface area contributed by atoms with Gasteiger partial charge in [-0.3, -0.25) is 19.7 Å². The Kier molecular flexibility index (Phi) is 6.14. The van der Waals surface area contributed by atoms with E-state index in [1.54, 1.807) is 6.92 Å². The average Bonchev–Trinajstić information content (AvgIpc) is 2.46. The molecule has 9 heteroatoms. The van der Waals surface area contributed by atoms with Gasteiger partial charge >= 0.3 is 0 Å². The highest BCUT2D eigenvalue weighted by Crippen LogP contribution is 2.22. The maximum atomic E-state index is 12.4. The van der Waals surface area contributed by atoms with E-state index in [-0.39, 0.29) is 17.8 Å². The van der Waals surface area contributed by atoms with Crippen molar-refractivity contribution < 1.29 is 27.7 Å². The minimum atomic E-state index is -2.87. The third-order valence-corrected chi connectivity index (χ3v) is 3.99. The van der Waals surface area contributed by atoms with Gasteiger partial charge in [0.1, 0.15) is 0 Å². The minimum absolute atomic E-state index is 0.162. The van der Waals surface area contributed by atoms with Crippen LogP contribution < -0.4 is 0 Å². The lowest BCUT2D eigenvalue weighted by molar-refractivity contribution is -0.491. The van der Waals surface area contributed by atoms with Crippen molar-refractivity contribution in [2.75, 3.05) is 6.61 Å². The van der Waals surface area contributed by atoms with Gasteiger partial charge in [-0.2, -0.15) is 8.42 Å². The van der Waals surface area contributed by atoms with E-state index in [2.05, 4.69) is 0 Å². The van der Waals surface area contributed by atoms with Crippen LogP contribution in [0.2, 0.25) is 0 Å². The van der Waals surface area contributed by atoms with Crippen molar-refractivity contribution in [2.24, 2.45) is 0 Å². The summed E-state index contributed by atoms with van der Waals surface area (Å²) >= 11 is 0. The van der Waals surface area contributed by atoms with Crippen LogP contribution in [0.5, 0.6) is 0 Å². The van der Waals surface area contributed by atoms with Gasteiger partial charge in [0, 0.05) is 4.92 Å². The van der Waals surface area contributed by atoms with E-state index < -0.39 is 43.3 Å². The molecule has 1 aliphatic carbocycles. The summed E-state index contributed by atoms with van der Waals surface area (Å²) in [5.41, 5.74) is -0.621.